The summed E-state index contributed by atoms with van der Waals surface area (Å²) in [6.07, 6.45) is 2.66. The number of aromatic nitrogens is 1. The molecule has 2 aromatic rings. The highest BCUT2D eigenvalue weighted by atomic mass is 35.5. The first-order valence-electron chi connectivity index (χ1n) is 8.91. The third-order valence-corrected chi connectivity index (χ3v) is 4.78. The Kier molecular flexibility index (Phi) is 8.89. The number of pyridine rings is 1. The quantitative estimate of drug-likeness (QED) is 0.557. The van der Waals surface area contributed by atoms with Gasteiger partial charge >= 0.3 is 12.1 Å². The summed E-state index contributed by atoms with van der Waals surface area (Å²) in [5.41, 5.74) is 0.449. The molecular weight excluding hydrogens is 434 g/mol. The maximum Gasteiger partial charge on any atom is 0.412 e. The number of carbonyl (C=O) groups is 2. The lowest BCUT2D eigenvalue weighted by molar-refractivity contribution is 0.118. The highest BCUT2D eigenvalue weighted by Crippen LogP contribution is 2.19. The van der Waals surface area contributed by atoms with Gasteiger partial charge in [0.1, 0.15) is 18.2 Å². The van der Waals surface area contributed by atoms with E-state index in [1.54, 1.807) is 25.3 Å². The number of rotatable bonds is 8. The molecule has 0 saturated heterocycles. The molecular formula is C20H21Cl2FN4O3. The summed E-state index contributed by atoms with van der Waals surface area (Å²) in [5, 5.41) is 5.52. The normalized spacial score (nSPS) is 11.3. The first kappa shape index (κ1) is 23.4. The van der Waals surface area contributed by atoms with Crippen molar-refractivity contribution >= 4 is 41.1 Å². The lowest BCUT2D eigenvalue weighted by Gasteiger charge is -2.27. The third kappa shape index (κ3) is 6.89. The number of benzene rings is 1. The van der Waals surface area contributed by atoms with Crippen molar-refractivity contribution in [2.45, 2.75) is 19.0 Å². The average molecular weight is 455 g/mol. The van der Waals surface area contributed by atoms with Gasteiger partial charge in [0.05, 0.1) is 16.1 Å². The van der Waals surface area contributed by atoms with Crippen molar-refractivity contribution in [1.82, 2.24) is 15.2 Å². The fourth-order valence-electron chi connectivity index (χ4n) is 2.44. The lowest BCUT2D eigenvalue weighted by atomic mass is 10.2. The van der Waals surface area contributed by atoms with Crippen LogP contribution in [0.3, 0.4) is 0 Å². The van der Waals surface area contributed by atoms with Gasteiger partial charge in [0.2, 0.25) is 0 Å². The Hall–Kier alpha value is -2.84. The van der Waals surface area contributed by atoms with Gasteiger partial charge in [-0.1, -0.05) is 41.4 Å². The van der Waals surface area contributed by atoms with Crippen molar-refractivity contribution < 1.29 is 18.7 Å². The predicted octanol–water partition coefficient (Wildman–Crippen LogP) is 4.86. The van der Waals surface area contributed by atoms with Crippen LogP contribution in [0.1, 0.15) is 12.0 Å². The number of hydrogen-bond acceptors (Lipinski definition) is 4. The minimum atomic E-state index is -0.723. The van der Waals surface area contributed by atoms with Crippen LogP contribution in [0.4, 0.5) is 19.8 Å². The third-order valence-electron chi connectivity index (χ3n) is 4.13. The Morgan fingerprint density at radius 1 is 1.33 bits per heavy atom. The van der Waals surface area contributed by atoms with Crippen LogP contribution in [0.25, 0.3) is 0 Å². The number of hydrogen-bond donors (Lipinski definition) is 2. The maximum absolute atomic E-state index is 13.5. The van der Waals surface area contributed by atoms with Crippen molar-refractivity contribution in [3.05, 3.63) is 70.6 Å². The number of likely N-dealkylation sites (N-methyl/N-ethyl adjacent to an activating group) is 1. The number of nitrogens with one attached hydrogen (secondary N) is 2. The fraction of sp³-hybridized carbons (Fsp3) is 0.250. The molecule has 10 heteroatoms. The van der Waals surface area contributed by atoms with Crippen LogP contribution in [0.5, 0.6) is 0 Å². The van der Waals surface area contributed by atoms with Gasteiger partial charge in [0, 0.05) is 19.8 Å². The fourth-order valence-corrected chi connectivity index (χ4v) is 2.74. The van der Waals surface area contributed by atoms with Crippen LogP contribution in [-0.4, -0.2) is 41.7 Å². The van der Waals surface area contributed by atoms with E-state index in [4.69, 9.17) is 27.9 Å². The molecule has 0 aliphatic heterocycles. The second-order valence-electron chi connectivity index (χ2n) is 6.25. The highest BCUT2D eigenvalue weighted by molar-refractivity contribution is 6.31. The largest absolute Gasteiger partial charge is 0.447 e. The van der Waals surface area contributed by atoms with Gasteiger partial charge in [-0.25, -0.2) is 19.0 Å². The minimum Gasteiger partial charge on any atom is -0.447 e. The van der Waals surface area contributed by atoms with Crippen molar-refractivity contribution in [3.63, 3.8) is 0 Å². The molecule has 30 heavy (non-hydrogen) atoms. The SMILES string of the molecule is C=CC[C@@H](COC(=O)Nc1ccc(Cl)cn1)N(C)C(=O)NCc1cccc(F)c1Cl. The monoisotopic (exact) mass is 454 g/mol. The number of urea groups is 1. The van der Waals surface area contributed by atoms with E-state index < -0.39 is 24.0 Å². The molecule has 1 heterocycles. The second kappa shape index (κ2) is 11.4. The number of nitrogens with zero attached hydrogens (tertiary/aromatic N) is 2. The zero-order valence-electron chi connectivity index (χ0n) is 16.2. The first-order valence-corrected chi connectivity index (χ1v) is 9.67. The Bertz CT molecular complexity index is 896. The smallest absolute Gasteiger partial charge is 0.412 e. The summed E-state index contributed by atoms with van der Waals surface area (Å²) in [4.78, 5) is 29.8. The van der Waals surface area contributed by atoms with Gasteiger partial charge in [-0.05, 0) is 30.2 Å². The van der Waals surface area contributed by atoms with E-state index in [1.807, 2.05) is 0 Å². The summed E-state index contributed by atoms with van der Waals surface area (Å²) >= 11 is 11.6. The van der Waals surface area contributed by atoms with Crippen LogP contribution in [0.2, 0.25) is 10.0 Å². The van der Waals surface area contributed by atoms with Crippen LogP contribution < -0.4 is 10.6 Å². The molecule has 0 bridgehead atoms. The Morgan fingerprint density at radius 2 is 2.10 bits per heavy atom. The van der Waals surface area contributed by atoms with E-state index >= 15 is 0 Å². The molecule has 0 spiro atoms. The van der Waals surface area contributed by atoms with Crippen LogP contribution in [-0.2, 0) is 11.3 Å². The molecule has 2 N–H and O–H groups in total. The van der Waals surface area contributed by atoms with Gasteiger partial charge in [-0.15, -0.1) is 6.58 Å². The number of ether oxygens (including phenoxy) is 1. The summed E-state index contributed by atoms with van der Waals surface area (Å²) in [6.45, 7) is 3.64. The maximum atomic E-state index is 13.5. The van der Waals surface area contributed by atoms with E-state index in [1.165, 1.54) is 29.3 Å². The van der Waals surface area contributed by atoms with Crippen molar-refractivity contribution in [2.24, 2.45) is 0 Å². The molecule has 0 saturated carbocycles. The van der Waals surface area contributed by atoms with Crippen molar-refractivity contribution in [1.29, 1.82) is 0 Å². The second-order valence-corrected chi connectivity index (χ2v) is 7.06. The van der Waals surface area contributed by atoms with Crippen LogP contribution >= 0.6 is 23.2 Å². The van der Waals surface area contributed by atoms with E-state index in [0.29, 0.717) is 17.0 Å². The van der Waals surface area contributed by atoms with Gasteiger partial charge in [-0.2, -0.15) is 0 Å². The average Bonchev–Trinajstić information content (AvgIpc) is 2.73. The standard InChI is InChI=1S/C20H21Cl2FN4O3/c1-3-5-15(12-30-20(29)26-17-9-8-14(21)11-24-17)27(2)19(28)25-10-13-6-4-7-16(23)18(13)22/h3-4,6-9,11,15H,1,5,10,12H2,2H3,(H,25,28)(H,24,26,29)/t15-/m0/s1. The molecule has 0 radical (unpaired) electrons. The number of carbonyl (C=O) groups excluding carboxylic acids is 2. The number of halogens is 3. The number of anilines is 1. The van der Waals surface area contributed by atoms with Gasteiger partial charge in [0.25, 0.3) is 0 Å². The molecule has 1 aromatic heterocycles. The Labute approximate surface area is 183 Å². The van der Waals surface area contributed by atoms with Crippen LogP contribution in [0, 0.1) is 5.82 Å². The number of amides is 3. The van der Waals surface area contributed by atoms with Crippen molar-refractivity contribution in [2.75, 3.05) is 19.0 Å². The van der Waals surface area contributed by atoms with Gasteiger partial charge < -0.3 is 15.0 Å². The molecule has 3 amide bonds. The molecule has 0 aliphatic rings. The van der Waals surface area contributed by atoms with E-state index in [9.17, 15) is 14.0 Å². The Morgan fingerprint density at radius 3 is 2.77 bits per heavy atom. The summed E-state index contributed by atoms with van der Waals surface area (Å²) in [6, 6.07) is 6.57. The Balaban J connectivity index is 1.89. The topological polar surface area (TPSA) is 83.6 Å². The molecule has 0 unspecified atom stereocenters. The van der Waals surface area contributed by atoms with Crippen LogP contribution in [0.15, 0.2) is 49.2 Å². The zero-order chi connectivity index (χ0) is 22.1. The highest BCUT2D eigenvalue weighted by Gasteiger charge is 2.21. The molecule has 0 aliphatic carbocycles. The summed E-state index contributed by atoms with van der Waals surface area (Å²) < 4.78 is 18.7. The molecule has 1 atom stereocenters. The molecule has 1 aromatic carbocycles. The molecule has 2 rings (SSSR count). The molecule has 7 nitrogen and oxygen atoms in total. The predicted molar refractivity (Wildman–Crippen MR) is 114 cm³/mol. The lowest BCUT2D eigenvalue weighted by Crippen LogP contribution is -2.45. The van der Waals surface area contributed by atoms with Crippen molar-refractivity contribution in [3.8, 4) is 0 Å². The minimum absolute atomic E-state index is 0.0427. The van der Waals surface area contributed by atoms with E-state index in [-0.39, 0.29) is 24.0 Å². The van der Waals surface area contributed by atoms with Gasteiger partial charge in [-0.3, -0.25) is 5.32 Å². The van der Waals surface area contributed by atoms with E-state index in [2.05, 4.69) is 22.2 Å². The van der Waals surface area contributed by atoms with Gasteiger partial charge in [0.15, 0.2) is 0 Å². The van der Waals surface area contributed by atoms with E-state index in [0.717, 1.165) is 0 Å². The summed E-state index contributed by atoms with van der Waals surface area (Å²) in [5.74, 6) is -0.279. The first-order chi connectivity index (χ1) is 14.3. The summed E-state index contributed by atoms with van der Waals surface area (Å²) in [7, 11) is 1.55. The molecule has 0 fully saturated rings. The zero-order valence-corrected chi connectivity index (χ0v) is 17.7. The molecule has 160 valence electrons.